The summed E-state index contributed by atoms with van der Waals surface area (Å²) in [7, 11) is 0. The molecule has 1 aliphatic heterocycles. The first kappa shape index (κ1) is 11.5. The van der Waals surface area contributed by atoms with E-state index in [4.69, 9.17) is 0 Å². The summed E-state index contributed by atoms with van der Waals surface area (Å²) >= 11 is 1.82. The van der Waals surface area contributed by atoms with Gasteiger partial charge < -0.3 is 5.32 Å². The van der Waals surface area contributed by atoms with Crippen molar-refractivity contribution in [1.82, 2.24) is 10.3 Å². The lowest BCUT2D eigenvalue weighted by molar-refractivity contribution is 0.490. The van der Waals surface area contributed by atoms with Crippen molar-refractivity contribution >= 4 is 16.9 Å². The summed E-state index contributed by atoms with van der Waals surface area (Å²) in [6, 6.07) is 4.53. The SMILES string of the molecule is CC1CSC(=NCc2ccncc2)NC1C. The standard InChI is InChI=1S/C12H17N3S/c1-9-8-16-12(15-10(9)2)14-7-11-3-5-13-6-4-11/h3-6,9-10H,7-8H2,1-2H3,(H,14,15). The highest BCUT2D eigenvalue weighted by molar-refractivity contribution is 8.13. The van der Waals surface area contributed by atoms with E-state index in [2.05, 4.69) is 29.1 Å². The molecule has 86 valence electrons. The third-order valence-electron chi connectivity index (χ3n) is 2.84. The van der Waals surface area contributed by atoms with Crippen molar-refractivity contribution in [2.24, 2.45) is 10.9 Å². The molecule has 0 radical (unpaired) electrons. The molecule has 0 spiro atoms. The van der Waals surface area contributed by atoms with E-state index in [9.17, 15) is 0 Å². The highest BCUT2D eigenvalue weighted by atomic mass is 32.2. The lowest BCUT2D eigenvalue weighted by Gasteiger charge is -2.28. The number of hydrogen-bond donors (Lipinski definition) is 1. The molecule has 1 aliphatic rings. The normalized spacial score (nSPS) is 27.8. The Bertz CT molecular complexity index is 364. The number of nitrogens with zero attached hydrogens (tertiary/aromatic N) is 2. The molecule has 1 saturated heterocycles. The van der Waals surface area contributed by atoms with E-state index < -0.39 is 0 Å². The van der Waals surface area contributed by atoms with E-state index in [0.29, 0.717) is 12.0 Å². The summed E-state index contributed by atoms with van der Waals surface area (Å²) in [5, 5.41) is 4.51. The van der Waals surface area contributed by atoms with E-state index in [1.54, 1.807) is 0 Å². The van der Waals surface area contributed by atoms with Crippen LogP contribution in [0.1, 0.15) is 19.4 Å². The molecular formula is C12H17N3S. The van der Waals surface area contributed by atoms with Gasteiger partial charge in [0.2, 0.25) is 0 Å². The highest BCUT2D eigenvalue weighted by Crippen LogP contribution is 2.19. The molecule has 1 aromatic heterocycles. The van der Waals surface area contributed by atoms with Crippen LogP contribution < -0.4 is 5.32 Å². The highest BCUT2D eigenvalue weighted by Gasteiger charge is 2.20. The summed E-state index contributed by atoms with van der Waals surface area (Å²) < 4.78 is 0. The molecule has 2 unspecified atom stereocenters. The van der Waals surface area contributed by atoms with Gasteiger partial charge in [-0.25, -0.2) is 0 Å². The van der Waals surface area contributed by atoms with Crippen LogP contribution in [0.15, 0.2) is 29.5 Å². The molecular weight excluding hydrogens is 218 g/mol. The number of rotatable bonds is 2. The van der Waals surface area contributed by atoms with E-state index in [1.807, 2.05) is 36.3 Å². The van der Waals surface area contributed by atoms with Gasteiger partial charge in [0.05, 0.1) is 6.54 Å². The Morgan fingerprint density at radius 1 is 1.44 bits per heavy atom. The summed E-state index contributed by atoms with van der Waals surface area (Å²) in [6.07, 6.45) is 3.61. The number of amidine groups is 1. The lowest BCUT2D eigenvalue weighted by Crippen LogP contribution is -2.41. The molecule has 2 heterocycles. The Morgan fingerprint density at radius 3 is 2.88 bits per heavy atom. The summed E-state index contributed by atoms with van der Waals surface area (Å²) in [5.41, 5.74) is 1.20. The van der Waals surface area contributed by atoms with Crippen molar-refractivity contribution in [2.75, 3.05) is 5.75 Å². The molecule has 0 aromatic carbocycles. The number of hydrogen-bond acceptors (Lipinski definition) is 3. The largest absolute Gasteiger partial charge is 0.362 e. The van der Waals surface area contributed by atoms with Gasteiger partial charge in [-0.05, 0) is 30.5 Å². The van der Waals surface area contributed by atoms with Crippen molar-refractivity contribution in [3.8, 4) is 0 Å². The van der Waals surface area contributed by atoms with Crippen LogP contribution in [0.4, 0.5) is 0 Å². The predicted octanol–water partition coefficient (Wildman–Crippen LogP) is 2.30. The zero-order valence-electron chi connectivity index (χ0n) is 9.68. The zero-order valence-corrected chi connectivity index (χ0v) is 10.5. The number of aliphatic imine (C=N–C) groups is 1. The maximum atomic E-state index is 4.58. The van der Waals surface area contributed by atoms with Crippen LogP contribution >= 0.6 is 11.8 Å². The second-order valence-electron chi connectivity index (χ2n) is 4.20. The second kappa shape index (κ2) is 5.34. The van der Waals surface area contributed by atoms with Crippen LogP contribution in [0.3, 0.4) is 0 Å². The van der Waals surface area contributed by atoms with Gasteiger partial charge in [0, 0.05) is 24.2 Å². The molecule has 2 rings (SSSR count). The number of pyridine rings is 1. The predicted molar refractivity (Wildman–Crippen MR) is 69.6 cm³/mol. The third-order valence-corrected chi connectivity index (χ3v) is 4.06. The van der Waals surface area contributed by atoms with Crippen LogP contribution in [-0.2, 0) is 6.54 Å². The van der Waals surface area contributed by atoms with Gasteiger partial charge in [-0.2, -0.15) is 0 Å². The first-order valence-electron chi connectivity index (χ1n) is 5.58. The topological polar surface area (TPSA) is 37.3 Å². The fourth-order valence-electron chi connectivity index (χ4n) is 1.48. The second-order valence-corrected chi connectivity index (χ2v) is 5.21. The summed E-state index contributed by atoms with van der Waals surface area (Å²) in [4.78, 5) is 8.57. The molecule has 0 aliphatic carbocycles. The Hall–Kier alpha value is -1.03. The monoisotopic (exact) mass is 235 g/mol. The molecule has 2 atom stereocenters. The van der Waals surface area contributed by atoms with Crippen LogP contribution in [0, 0.1) is 5.92 Å². The first-order chi connectivity index (χ1) is 7.75. The minimum atomic E-state index is 0.525. The number of aromatic nitrogens is 1. The van der Waals surface area contributed by atoms with Crippen molar-refractivity contribution in [2.45, 2.75) is 26.4 Å². The van der Waals surface area contributed by atoms with Gasteiger partial charge in [0.1, 0.15) is 0 Å². The Balaban J connectivity index is 1.93. The Labute approximate surface area is 101 Å². The number of nitrogens with one attached hydrogen (secondary N) is 1. The fraction of sp³-hybridized carbons (Fsp3) is 0.500. The van der Waals surface area contributed by atoms with Crippen LogP contribution in [0.25, 0.3) is 0 Å². The minimum Gasteiger partial charge on any atom is -0.362 e. The summed E-state index contributed by atoms with van der Waals surface area (Å²) in [6.45, 7) is 5.22. The van der Waals surface area contributed by atoms with E-state index in [-0.39, 0.29) is 0 Å². The minimum absolute atomic E-state index is 0.525. The molecule has 3 nitrogen and oxygen atoms in total. The van der Waals surface area contributed by atoms with Crippen LogP contribution in [-0.4, -0.2) is 21.9 Å². The molecule has 1 fully saturated rings. The molecule has 0 amide bonds. The molecule has 0 saturated carbocycles. The van der Waals surface area contributed by atoms with E-state index in [0.717, 1.165) is 17.5 Å². The average Bonchev–Trinajstić information content (AvgIpc) is 2.32. The fourth-order valence-corrected chi connectivity index (χ4v) is 2.61. The molecule has 4 heteroatoms. The zero-order chi connectivity index (χ0) is 11.4. The van der Waals surface area contributed by atoms with E-state index >= 15 is 0 Å². The van der Waals surface area contributed by atoms with Crippen molar-refractivity contribution in [1.29, 1.82) is 0 Å². The van der Waals surface area contributed by atoms with Gasteiger partial charge in [-0.3, -0.25) is 9.98 Å². The van der Waals surface area contributed by atoms with E-state index in [1.165, 1.54) is 5.56 Å². The molecule has 0 bridgehead atoms. The quantitative estimate of drug-likeness (QED) is 0.854. The summed E-state index contributed by atoms with van der Waals surface area (Å²) in [5.74, 6) is 1.87. The Kier molecular flexibility index (Phi) is 3.83. The van der Waals surface area contributed by atoms with Gasteiger partial charge in [0.25, 0.3) is 0 Å². The molecule has 16 heavy (non-hydrogen) atoms. The van der Waals surface area contributed by atoms with Crippen LogP contribution in [0.2, 0.25) is 0 Å². The van der Waals surface area contributed by atoms with Crippen LogP contribution in [0.5, 0.6) is 0 Å². The van der Waals surface area contributed by atoms with Crippen molar-refractivity contribution in [3.05, 3.63) is 30.1 Å². The van der Waals surface area contributed by atoms with Crippen molar-refractivity contribution < 1.29 is 0 Å². The lowest BCUT2D eigenvalue weighted by atomic mass is 10.1. The van der Waals surface area contributed by atoms with Gasteiger partial charge in [-0.15, -0.1) is 0 Å². The maximum Gasteiger partial charge on any atom is 0.157 e. The average molecular weight is 235 g/mol. The van der Waals surface area contributed by atoms with Gasteiger partial charge >= 0.3 is 0 Å². The smallest absolute Gasteiger partial charge is 0.157 e. The number of thioether (sulfide) groups is 1. The first-order valence-corrected chi connectivity index (χ1v) is 6.57. The van der Waals surface area contributed by atoms with Crippen molar-refractivity contribution in [3.63, 3.8) is 0 Å². The maximum absolute atomic E-state index is 4.58. The van der Waals surface area contributed by atoms with Gasteiger partial charge in [-0.1, -0.05) is 18.7 Å². The third kappa shape index (κ3) is 2.98. The molecule has 1 aromatic rings. The molecule has 1 N–H and O–H groups in total. The Morgan fingerprint density at radius 2 is 2.19 bits per heavy atom. The van der Waals surface area contributed by atoms with Gasteiger partial charge in [0.15, 0.2) is 5.17 Å².